The first-order valence-electron chi connectivity index (χ1n) is 6.35. The number of aliphatic hydroxyl groups is 1. The summed E-state index contributed by atoms with van der Waals surface area (Å²) < 4.78 is 26.9. The lowest BCUT2D eigenvalue weighted by Crippen LogP contribution is -2.15. The monoisotopic (exact) mass is 325 g/mol. The molecule has 0 fully saturated rings. The van der Waals surface area contributed by atoms with Gasteiger partial charge in [0.05, 0.1) is 18.0 Å². The molecule has 0 radical (unpaired) electrons. The maximum atomic E-state index is 12.2. The first-order chi connectivity index (χ1) is 9.89. The van der Waals surface area contributed by atoms with Gasteiger partial charge in [0.25, 0.3) is 0 Å². The molecule has 21 heavy (non-hydrogen) atoms. The maximum absolute atomic E-state index is 12.2. The molecule has 0 heterocycles. The molecule has 0 atom stereocenters. The largest absolute Gasteiger partial charge is 0.392 e. The minimum Gasteiger partial charge on any atom is -0.392 e. The molecular weight excluding hydrogens is 310 g/mol. The number of anilines is 1. The van der Waals surface area contributed by atoms with E-state index in [0.29, 0.717) is 16.3 Å². The quantitative estimate of drug-likeness (QED) is 0.887. The zero-order valence-corrected chi connectivity index (χ0v) is 13.1. The van der Waals surface area contributed by atoms with Gasteiger partial charge in [0.15, 0.2) is 0 Å². The van der Waals surface area contributed by atoms with Gasteiger partial charge in [0.2, 0.25) is 10.0 Å². The summed E-state index contributed by atoms with van der Waals surface area (Å²) in [4.78, 5) is 0. The molecule has 6 heteroatoms. The second-order valence-electron chi connectivity index (χ2n) is 4.80. The van der Waals surface area contributed by atoms with Crippen LogP contribution in [0.1, 0.15) is 16.7 Å². The molecule has 0 saturated carbocycles. The summed E-state index contributed by atoms with van der Waals surface area (Å²) in [5.74, 6) is -0.134. The standard InChI is InChI=1S/C15H16ClNO3S/c1-11-2-7-14(16)8-15(11)17-21(19,20)10-13-5-3-12(9-18)4-6-13/h2-8,17-18H,9-10H2,1H3. The number of benzene rings is 2. The van der Waals surface area contributed by atoms with Gasteiger partial charge in [0.1, 0.15) is 0 Å². The van der Waals surface area contributed by atoms with Gasteiger partial charge in [-0.15, -0.1) is 0 Å². The molecule has 0 bridgehead atoms. The fourth-order valence-electron chi connectivity index (χ4n) is 1.87. The highest BCUT2D eigenvalue weighted by atomic mass is 35.5. The van der Waals surface area contributed by atoms with Crippen LogP contribution in [-0.2, 0) is 22.4 Å². The van der Waals surface area contributed by atoms with E-state index in [0.717, 1.165) is 11.1 Å². The van der Waals surface area contributed by atoms with Gasteiger partial charge >= 0.3 is 0 Å². The number of aliphatic hydroxyl groups excluding tert-OH is 1. The Bertz CT molecular complexity index is 727. The summed E-state index contributed by atoms with van der Waals surface area (Å²) in [6, 6.07) is 11.8. The van der Waals surface area contributed by atoms with Crippen molar-refractivity contribution in [1.29, 1.82) is 0 Å². The maximum Gasteiger partial charge on any atom is 0.236 e. The number of hydrogen-bond donors (Lipinski definition) is 2. The summed E-state index contributed by atoms with van der Waals surface area (Å²) in [7, 11) is -3.52. The second kappa shape index (κ2) is 6.47. The Morgan fingerprint density at radius 1 is 1.10 bits per heavy atom. The molecule has 0 aliphatic rings. The van der Waals surface area contributed by atoms with Crippen molar-refractivity contribution in [2.75, 3.05) is 4.72 Å². The second-order valence-corrected chi connectivity index (χ2v) is 6.95. The molecule has 112 valence electrons. The van der Waals surface area contributed by atoms with E-state index < -0.39 is 10.0 Å². The van der Waals surface area contributed by atoms with Crippen molar-refractivity contribution in [1.82, 2.24) is 0 Å². The molecule has 2 rings (SSSR count). The molecule has 0 aliphatic heterocycles. The lowest BCUT2D eigenvalue weighted by Gasteiger charge is -2.11. The van der Waals surface area contributed by atoms with Crippen molar-refractivity contribution >= 4 is 27.3 Å². The third-order valence-electron chi connectivity index (χ3n) is 3.03. The van der Waals surface area contributed by atoms with E-state index >= 15 is 0 Å². The number of aryl methyl sites for hydroxylation is 1. The summed E-state index contributed by atoms with van der Waals surface area (Å²) in [5.41, 5.74) is 2.68. The minimum atomic E-state index is -3.52. The summed E-state index contributed by atoms with van der Waals surface area (Å²) in [5, 5.41) is 9.45. The first kappa shape index (κ1) is 15.8. The van der Waals surface area contributed by atoms with E-state index in [1.54, 1.807) is 42.5 Å². The predicted molar refractivity (Wildman–Crippen MR) is 84.8 cm³/mol. The van der Waals surface area contributed by atoms with Crippen molar-refractivity contribution < 1.29 is 13.5 Å². The van der Waals surface area contributed by atoms with Crippen LogP contribution in [0.5, 0.6) is 0 Å². The normalized spacial score (nSPS) is 11.4. The number of hydrogen-bond acceptors (Lipinski definition) is 3. The van der Waals surface area contributed by atoms with Gasteiger partial charge in [-0.2, -0.15) is 0 Å². The molecule has 4 nitrogen and oxygen atoms in total. The Balaban J connectivity index is 2.16. The van der Waals surface area contributed by atoms with Gasteiger partial charge in [0, 0.05) is 5.02 Å². The number of rotatable bonds is 5. The highest BCUT2D eigenvalue weighted by Gasteiger charge is 2.13. The van der Waals surface area contributed by atoms with Crippen LogP contribution >= 0.6 is 11.6 Å². The van der Waals surface area contributed by atoms with Crippen LogP contribution in [0.3, 0.4) is 0 Å². The van der Waals surface area contributed by atoms with E-state index in [2.05, 4.69) is 4.72 Å². The molecular formula is C15H16ClNO3S. The van der Waals surface area contributed by atoms with Gasteiger partial charge in [-0.25, -0.2) is 8.42 Å². The van der Waals surface area contributed by atoms with Gasteiger partial charge < -0.3 is 5.11 Å². The van der Waals surface area contributed by atoms with Crippen LogP contribution in [0.4, 0.5) is 5.69 Å². The number of nitrogens with one attached hydrogen (secondary N) is 1. The van der Waals surface area contributed by atoms with Crippen LogP contribution in [-0.4, -0.2) is 13.5 Å². The summed E-state index contributed by atoms with van der Waals surface area (Å²) in [6.07, 6.45) is 0. The predicted octanol–water partition coefficient (Wildman–Crippen LogP) is 3.08. The average Bonchev–Trinajstić information content (AvgIpc) is 2.43. The van der Waals surface area contributed by atoms with Gasteiger partial charge in [-0.3, -0.25) is 4.72 Å². The molecule has 0 aliphatic carbocycles. The lowest BCUT2D eigenvalue weighted by atomic mass is 10.2. The highest BCUT2D eigenvalue weighted by molar-refractivity contribution is 7.91. The molecule has 0 unspecified atom stereocenters. The van der Waals surface area contributed by atoms with Crippen LogP contribution in [0.15, 0.2) is 42.5 Å². The van der Waals surface area contributed by atoms with E-state index in [4.69, 9.17) is 16.7 Å². The van der Waals surface area contributed by atoms with Crippen molar-refractivity contribution in [2.24, 2.45) is 0 Å². The third-order valence-corrected chi connectivity index (χ3v) is 4.51. The molecule has 0 amide bonds. The smallest absolute Gasteiger partial charge is 0.236 e. The third kappa shape index (κ3) is 4.46. The topological polar surface area (TPSA) is 66.4 Å². The number of halogens is 1. The molecule has 2 aromatic carbocycles. The lowest BCUT2D eigenvalue weighted by molar-refractivity contribution is 0.282. The van der Waals surface area contributed by atoms with Crippen LogP contribution in [0.2, 0.25) is 5.02 Å². The molecule has 0 spiro atoms. The molecule has 2 aromatic rings. The van der Waals surface area contributed by atoms with Crippen molar-refractivity contribution in [3.05, 3.63) is 64.2 Å². The Kier molecular flexibility index (Phi) is 4.88. The molecule has 0 saturated heterocycles. The average molecular weight is 326 g/mol. The summed E-state index contributed by atoms with van der Waals surface area (Å²) >= 11 is 5.88. The van der Waals surface area contributed by atoms with Crippen molar-refractivity contribution in [3.63, 3.8) is 0 Å². The molecule has 2 N–H and O–H groups in total. The van der Waals surface area contributed by atoms with E-state index in [1.165, 1.54) is 0 Å². The van der Waals surface area contributed by atoms with E-state index in [1.807, 2.05) is 6.92 Å². The highest BCUT2D eigenvalue weighted by Crippen LogP contribution is 2.22. The van der Waals surface area contributed by atoms with Crippen molar-refractivity contribution in [2.45, 2.75) is 19.3 Å². The van der Waals surface area contributed by atoms with Gasteiger partial charge in [-0.05, 0) is 35.7 Å². The van der Waals surface area contributed by atoms with Gasteiger partial charge in [-0.1, -0.05) is 41.9 Å². The zero-order valence-electron chi connectivity index (χ0n) is 11.5. The number of sulfonamides is 1. The van der Waals surface area contributed by atoms with Crippen molar-refractivity contribution in [3.8, 4) is 0 Å². The van der Waals surface area contributed by atoms with E-state index in [9.17, 15) is 8.42 Å². The van der Waals surface area contributed by atoms with Crippen LogP contribution in [0.25, 0.3) is 0 Å². The minimum absolute atomic E-state index is 0.0625. The fraction of sp³-hybridized carbons (Fsp3) is 0.200. The van der Waals surface area contributed by atoms with E-state index in [-0.39, 0.29) is 12.4 Å². The summed E-state index contributed by atoms with van der Waals surface area (Å²) in [6.45, 7) is 1.75. The van der Waals surface area contributed by atoms with Crippen LogP contribution < -0.4 is 4.72 Å². The molecule has 0 aromatic heterocycles. The Morgan fingerprint density at radius 2 is 1.71 bits per heavy atom. The SMILES string of the molecule is Cc1ccc(Cl)cc1NS(=O)(=O)Cc1ccc(CO)cc1. The Labute approximate surface area is 129 Å². The Morgan fingerprint density at radius 3 is 2.33 bits per heavy atom. The Hall–Kier alpha value is -1.56. The zero-order chi connectivity index (χ0) is 15.5. The first-order valence-corrected chi connectivity index (χ1v) is 8.38. The fourth-order valence-corrected chi connectivity index (χ4v) is 3.30. The van der Waals surface area contributed by atoms with Crippen LogP contribution in [0, 0.1) is 6.92 Å².